The zero-order valence-corrected chi connectivity index (χ0v) is 17.6. The van der Waals surface area contributed by atoms with Crippen LogP contribution < -0.4 is 10.1 Å². The van der Waals surface area contributed by atoms with Crippen molar-refractivity contribution in [3.05, 3.63) is 84.2 Å². The van der Waals surface area contributed by atoms with Crippen molar-refractivity contribution in [1.82, 2.24) is 14.9 Å². The van der Waals surface area contributed by atoms with Gasteiger partial charge in [-0.05, 0) is 55.3 Å². The third-order valence-corrected chi connectivity index (χ3v) is 6.80. The van der Waals surface area contributed by atoms with Gasteiger partial charge in [0.1, 0.15) is 5.75 Å². The number of likely N-dealkylation sites (N-methyl/N-ethyl adjacent to an activating group) is 1. The van der Waals surface area contributed by atoms with Gasteiger partial charge < -0.3 is 19.9 Å². The third-order valence-electron chi connectivity index (χ3n) is 6.80. The van der Waals surface area contributed by atoms with Crippen LogP contribution in [0.2, 0.25) is 0 Å². The normalized spacial score (nSPS) is 22.8. The summed E-state index contributed by atoms with van der Waals surface area (Å²) in [5.41, 5.74) is 5.26. The van der Waals surface area contributed by atoms with E-state index in [1.54, 1.807) is 0 Å². The summed E-state index contributed by atoms with van der Waals surface area (Å²) in [5.74, 6) is 1.94. The van der Waals surface area contributed by atoms with Gasteiger partial charge in [0.15, 0.2) is 0 Å². The van der Waals surface area contributed by atoms with Gasteiger partial charge in [-0.3, -0.25) is 0 Å². The Kier molecular flexibility index (Phi) is 4.42. The second-order valence-corrected chi connectivity index (χ2v) is 8.78. The number of benzene rings is 2. The van der Waals surface area contributed by atoms with Crippen molar-refractivity contribution in [3.63, 3.8) is 0 Å². The Balaban J connectivity index is 1.20. The Bertz CT molecular complexity index is 1200. The number of likely N-dealkylation sites (tertiary alicyclic amines) is 1. The Morgan fingerprint density at radius 1 is 1.06 bits per heavy atom. The zero-order chi connectivity index (χ0) is 20.8. The predicted octanol–water partition coefficient (Wildman–Crippen LogP) is 5.18. The van der Waals surface area contributed by atoms with E-state index in [0.717, 1.165) is 30.8 Å². The molecule has 1 aliphatic carbocycles. The first-order valence-corrected chi connectivity index (χ1v) is 11.0. The number of aromatic amines is 1. The van der Waals surface area contributed by atoms with Crippen LogP contribution in [-0.4, -0.2) is 40.5 Å². The molecule has 0 amide bonds. The van der Waals surface area contributed by atoms with Gasteiger partial charge in [0.05, 0.1) is 11.9 Å². The number of ether oxygens (including phenoxy) is 1. The maximum Gasteiger partial charge on any atom is 0.219 e. The van der Waals surface area contributed by atoms with E-state index >= 15 is 0 Å². The van der Waals surface area contributed by atoms with Gasteiger partial charge in [-0.1, -0.05) is 30.3 Å². The SMILES string of the molecule is CN1CC(Nc2ccc(Oc3ccccc3)nc2)CC2c3cccc4[nH]cc(c34)C[C@H]21. The van der Waals surface area contributed by atoms with E-state index in [1.807, 2.05) is 42.6 Å². The quantitative estimate of drug-likeness (QED) is 0.487. The molecule has 2 N–H and O–H groups in total. The Hall–Kier alpha value is -3.31. The van der Waals surface area contributed by atoms with Crippen LogP contribution in [0.5, 0.6) is 11.6 Å². The highest BCUT2D eigenvalue weighted by atomic mass is 16.5. The molecule has 2 aromatic carbocycles. The summed E-state index contributed by atoms with van der Waals surface area (Å²) in [4.78, 5) is 10.5. The van der Waals surface area contributed by atoms with Crippen LogP contribution in [0.3, 0.4) is 0 Å². The van der Waals surface area contributed by atoms with E-state index in [9.17, 15) is 0 Å². The number of aromatic nitrogens is 2. The molecule has 2 unspecified atom stereocenters. The van der Waals surface area contributed by atoms with Crippen LogP contribution in [0.15, 0.2) is 73.1 Å². The number of piperidine rings is 1. The fourth-order valence-electron chi connectivity index (χ4n) is 5.42. The van der Waals surface area contributed by atoms with Crippen molar-refractivity contribution in [2.45, 2.75) is 30.8 Å². The first kappa shape index (κ1) is 18.5. The largest absolute Gasteiger partial charge is 0.439 e. The summed E-state index contributed by atoms with van der Waals surface area (Å²) in [6, 6.07) is 21.4. The van der Waals surface area contributed by atoms with Crippen LogP contribution in [-0.2, 0) is 6.42 Å². The van der Waals surface area contributed by atoms with Crippen molar-refractivity contribution >= 4 is 16.6 Å². The number of hydrogen-bond acceptors (Lipinski definition) is 4. The highest BCUT2D eigenvalue weighted by molar-refractivity contribution is 5.88. The van der Waals surface area contributed by atoms with E-state index < -0.39 is 0 Å². The van der Waals surface area contributed by atoms with Gasteiger partial charge in [0.2, 0.25) is 5.88 Å². The second kappa shape index (κ2) is 7.43. The van der Waals surface area contributed by atoms with Gasteiger partial charge in [-0.15, -0.1) is 0 Å². The van der Waals surface area contributed by atoms with Crippen LogP contribution in [0.4, 0.5) is 5.69 Å². The van der Waals surface area contributed by atoms with E-state index in [-0.39, 0.29) is 0 Å². The van der Waals surface area contributed by atoms with Crippen molar-refractivity contribution in [2.24, 2.45) is 0 Å². The molecule has 1 aliphatic heterocycles. The van der Waals surface area contributed by atoms with Gasteiger partial charge >= 0.3 is 0 Å². The minimum atomic E-state index is 0.379. The molecule has 31 heavy (non-hydrogen) atoms. The second-order valence-electron chi connectivity index (χ2n) is 8.78. The summed E-state index contributed by atoms with van der Waals surface area (Å²) in [6.07, 6.45) is 6.32. The monoisotopic (exact) mass is 410 g/mol. The molecule has 3 atom stereocenters. The number of nitrogens with zero attached hydrogens (tertiary/aromatic N) is 2. The molecule has 0 saturated carbocycles. The number of H-pyrrole nitrogens is 1. The number of rotatable bonds is 4. The van der Waals surface area contributed by atoms with Gasteiger partial charge in [0, 0.05) is 47.7 Å². The Morgan fingerprint density at radius 2 is 1.97 bits per heavy atom. The minimum Gasteiger partial charge on any atom is -0.439 e. The smallest absolute Gasteiger partial charge is 0.219 e. The van der Waals surface area contributed by atoms with E-state index in [0.29, 0.717) is 23.9 Å². The van der Waals surface area contributed by atoms with Crippen molar-refractivity contribution < 1.29 is 4.74 Å². The molecule has 5 heteroatoms. The maximum atomic E-state index is 5.82. The van der Waals surface area contributed by atoms with Crippen molar-refractivity contribution in [2.75, 3.05) is 18.9 Å². The van der Waals surface area contributed by atoms with Crippen molar-refractivity contribution in [3.8, 4) is 11.6 Å². The standard InChI is InChI=1S/C26H26N4O/c1-30-16-19(29-18-10-11-25(28-15-18)31-20-6-3-2-4-7-20)13-22-21-8-5-9-23-26(21)17(14-27-23)12-24(22)30/h2-11,14-15,19,22,24,27,29H,12-13,16H2,1H3/t19?,22?,24-/m1/s1. The van der Waals surface area contributed by atoms with Crippen LogP contribution in [0.1, 0.15) is 23.5 Å². The third kappa shape index (κ3) is 3.35. The molecular formula is C26H26N4O. The fraction of sp³-hybridized carbons (Fsp3) is 0.269. The lowest BCUT2D eigenvalue weighted by atomic mass is 9.74. The zero-order valence-electron chi connectivity index (χ0n) is 17.6. The molecule has 1 saturated heterocycles. The highest BCUT2D eigenvalue weighted by Crippen LogP contribution is 2.43. The van der Waals surface area contributed by atoms with Gasteiger partial charge in [0.25, 0.3) is 0 Å². The number of anilines is 1. The minimum absolute atomic E-state index is 0.379. The highest BCUT2D eigenvalue weighted by Gasteiger charge is 2.39. The first-order chi connectivity index (χ1) is 15.2. The summed E-state index contributed by atoms with van der Waals surface area (Å²) >= 11 is 0. The Morgan fingerprint density at radius 3 is 2.81 bits per heavy atom. The summed E-state index contributed by atoms with van der Waals surface area (Å²) in [6.45, 7) is 1.03. The Labute approximate surface area is 182 Å². The molecule has 5 nitrogen and oxygen atoms in total. The molecule has 2 aliphatic rings. The van der Waals surface area contributed by atoms with Crippen LogP contribution in [0.25, 0.3) is 10.9 Å². The molecule has 1 fully saturated rings. The summed E-state index contributed by atoms with van der Waals surface area (Å²) in [7, 11) is 2.26. The fourth-order valence-corrected chi connectivity index (χ4v) is 5.42. The molecule has 6 rings (SSSR count). The predicted molar refractivity (Wildman–Crippen MR) is 124 cm³/mol. The molecule has 156 valence electrons. The van der Waals surface area contributed by atoms with Crippen LogP contribution in [0, 0.1) is 0 Å². The topological polar surface area (TPSA) is 53.2 Å². The lowest BCUT2D eigenvalue weighted by molar-refractivity contribution is 0.147. The van der Waals surface area contributed by atoms with E-state index in [4.69, 9.17) is 4.74 Å². The molecule has 0 spiro atoms. The number of para-hydroxylation sites is 1. The van der Waals surface area contributed by atoms with E-state index in [1.165, 1.54) is 22.0 Å². The summed E-state index contributed by atoms with van der Waals surface area (Å²) in [5, 5.41) is 5.16. The molecule has 0 bridgehead atoms. The van der Waals surface area contributed by atoms with Crippen molar-refractivity contribution in [1.29, 1.82) is 0 Å². The average Bonchev–Trinajstić information content (AvgIpc) is 3.21. The van der Waals surface area contributed by atoms with Gasteiger partial charge in [-0.25, -0.2) is 4.98 Å². The molecule has 3 heterocycles. The molecular weight excluding hydrogens is 384 g/mol. The molecule has 4 aromatic rings. The summed E-state index contributed by atoms with van der Waals surface area (Å²) < 4.78 is 5.82. The number of hydrogen-bond donors (Lipinski definition) is 2. The molecule has 2 aromatic heterocycles. The molecule has 0 radical (unpaired) electrons. The number of fused-ring (bicyclic) bond motifs is 2. The lowest BCUT2D eigenvalue weighted by Gasteiger charge is -2.45. The van der Waals surface area contributed by atoms with E-state index in [2.05, 4.69) is 57.7 Å². The first-order valence-electron chi connectivity index (χ1n) is 11.0. The van der Waals surface area contributed by atoms with Gasteiger partial charge in [-0.2, -0.15) is 0 Å². The van der Waals surface area contributed by atoms with Crippen LogP contribution >= 0.6 is 0 Å². The number of nitrogens with one attached hydrogen (secondary N) is 2. The number of pyridine rings is 1. The average molecular weight is 411 g/mol. The lowest BCUT2D eigenvalue weighted by Crippen LogP contribution is -2.51. The maximum absolute atomic E-state index is 5.82.